The van der Waals surface area contributed by atoms with Crippen LogP contribution in [0.25, 0.3) is 176 Å². The number of anilines is 6. The molecule has 7 nitrogen and oxygen atoms in total. The summed E-state index contributed by atoms with van der Waals surface area (Å²) in [4.78, 5) is 4.76. The molecule has 0 N–H and O–H groups in total. The summed E-state index contributed by atoms with van der Waals surface area (Å²) in [6, 6.07) is 110. The topological polar surface area (TPSA) is 72.2 Å². The first-order chi connectivity index (χ1) is 51.4. The molecular weight excluding hydrogens is 1290 g/mol. The van der Waals surface area contributed by atoms with E-state index in [2.05, 4.69) is 304 Å². The lowest BCUT2D eigenvalue weighted by Crippen LogP contribution is -2.17. The van der Waals surface area contributed by atoms with E-state index in [1.807, 2.05) is 36.4 Å². The molecule has 0 spiro atoms. The van der Waals surface area contributed by atoms with Crippen LogP contribution in [-0.2, 0) is 10.8 Å². The fraction of sp³-hybridized carbons (Fsp3) is 0.0612. The van der Waals surface area contributed by atoms with Crippen molar-refractivity contribution in [2.45, 2.75) is 38.5 Å². The summed E-state index contributed by atoms with van der Waals surface area (Å²) >= 11 is 0. The smallest absolute Gasteiger partial charge is 0.137 e. The Morgan fingerprint density at radius 2 is 0.533 bits per heavy atom. The van der Waals surface area contributed by atoms with Gasteiger partial charge in [-0.25, -0.2) is 0 Å². The van der Waals surface area contributed by atoms with E-state index in [4.69, 9.17) is 22.1 Å². The molecule has 23 rings (SSSR count). The van der Waals surface area contributed by atoms with Gasteiger partial charge in [0.2, 0.25) is 0 Å². The minimum absolute atomic E-state index is 0.257. The van der Waals surface area contributed by atoms with Gasteiger partial charge in [0.25, 0.3) is 0 Å². The van der Waals surface area contributed by atoms with Crippen LogP contribution < -0.4 is 9.80 Å². The van der Waals surface area contributed by atoms with Crippen molar-refractivity contribution in [2.24, 2.45) is 0 Å². The van der Waals surface area contributed by atoms with Crippen molar-refractivity contribution in [3.63, 3.8) is 0 Å². The number of nitrogens with zero attached hydrogens (tertiary/aromatic N) is 2. The third kappa shape index (κ3) is 8.55. The number of fused-ring (bicyclic) bond motifs is 23. The van der Waals surface area contributed by atoms with E-state index in [-0.39, 0.29) is 10.8 Å². The Balaban J connectivity index is 0.625. The molecule has 105 heavy (non-hydrogen) atoms. The molecule has 0 amide bonds. The van der Waals surface area contributed by atoms with Crippen LogP contribution in [0.2, 0.25) is 0 Å². The van der Waals surface area contributed by atoms with Crippen LogP contribution in [0.1, 0.15) is 49.9 Å². The first-order valence-corrected chi connectivity index (χ1v) is 36.1. The number of benzene rings is 16. The van der Waals surface area contributed by atoms with E-state index in [0.717, 1.165) is 166 Å². The highest BCUT2D eigenvalue weighted by Crippen LogP contribution is 2.56. The number of hydrogen-bond donors (Lipinski definition) is 0. The quantitative estimate of drug-likeness (QED) is 0.150. The Hall–Kier alpha value is -13.4. The highest BCUT2D eigenvalue weighted by molar-refractivity contribution is 6.19. The van der Waals surface area contributed by atoms with E-state index in [1.54, 1.807) is 0 Å². The Bertz CT molecular complexity index is 6890. The highest BCUT2D eigenvalue weighted by atomic mass is 16.4. The predicted octanol–water partition coefficient (Wildman–Crippen LogP) is 28.4. The van der Waals surface area contributed by atoms with Gasteiger partial charge in [-0.2, -0.15) is 0 Å². The van der Waals surface area contributed by atoms with Crippen molar-refractivity contribution < 1.29 is 22.1 Å². The summed E-state index contributed by atoms with van der Waals surface area (Å²) in [7, 11) is 0. The maximum atomic E-state index is 7.04. The molecule has 2 aliphatic carbocycles. The van der Waals surface area contributed by atoms with E-state index in [1.165, 1.54) is 66.1 Å². The molecule has 494 valence electrons. The van der Waals surface area contributed by atoms with Crippen LogP contribution in [0.3, 0.4) is 0 Å². The molecule has 2 aliphatic rings. The number of furan rings is 5. The first-order valence-electron chi connectivity index (χ1n) is 36.1. The Kier molecular flexibility index (Phi) is 11.7. The summed E-state index contributed by atoms with van der Waals surface area (Å²) in [5.74, 6) is 1.71. The molecule has 0 fully saturated rings. The SMILES string of the molecule is CC1(C)c2cc(N(c3ccc4cc(-c5cc6ccccc6o5)ccc4c3)c3ccc4c(c3)oc3cc5c(cc34)oc3cc4c(cc35)oc3cc(N(c5ccc6c(c5)C(C)(C)c5c-6ccc6ccccc56)c5ccc6cc(-c7cc8ccccc8o7)ccc6c5)ccc34)ccc2-c2ccc3ccccc3c21. The van der Waals surface area contributed by atoms with Crippen molar-refractivity contribution in [2.75, 3.05) is 9.80 Å². The lowest BCUT2D eigenvalue weighted by atomic mass is 9.80. The van der Waals surface area contributed by atoms with Gasteiger partial charge in [-0.3, -0.25) is 0 Å². The molecule has 16 aromatic carbocycles. The summed E-state index contributed by atoms with van der Waals surface area (Å²) in [5, 5.41) is 17.7. The minimum atomic E-state index is -0.257. The highest BCUT2D eigenvalue weighted by Gasteiger charge is 2.39. The molecule has 0 aliphatic heterocycles. The number of hydrogen-bond acceptors (Lipinski definition) is 7. The molecule has 5 heterocycles. The van der Waals surface area contributed by atoms with Crippen LogP contribution in [-0.4, -0.2) is 0 Å². The zero-order valence-electron chi connectivity index (χ0n) is 57.8. The largest absolute Gasteiger partial charge is 0.456 e. The summed E-state index contributed by atoms with van der Waals surface area (Å²) in [5.41, 5.74) is 24.6. The molecule has 0 saturated carbocycles. The zero-order chi connectivity index (χ0) is 69.3. The molecule has 7 heteroatoms. The van der Waals surface area contributed by atoms with Gasteiger partial charge in [0.05, 0.1) is 0 Å². The molecule has 0 bridgehead atoms. The van der Waals surface area contributed by atoms with Gasteiger partial charge in [-0.15, -0.1) is 0 Å². The fourth-order valence-corrected chi connectivity index (χ4v) is 18.2. The fourth-order valence-electron chi connectivity index (χ4n) is 18.2. The van der Waals surface area contributed by atoms with Crippen molar-refractivity contribution >= 4 is 165 Å². The lowest BCUT2D eigenvalue weighted by Gasteiger charge is -2.28. The van der Waals surface area contributed by atoms with Crippen molar-refractivity contribution in [3.8, 4) is 44.9 Å². The first kappa shape index (κ1) is 58.3. The van der Waals surface area contributed by atoms with Crippen LogP contribution in [0.15, 0.2) is 325 Å². The van der Waals surface area contributed by atoms with Gasteiger partial charge in [-0.05, 0) is 221 Å². The maximum absolute atomic E-state index is 7.04. The standard InChI is InChI=1S/C98H62N2O5/c1-97(2)83-47-67(31-37-73(83)77-35-27-55-13-5-9-17-71(55)95(77)97)99(65-29-25-57-41-63(23-21-59(57)43-65)87-45-61-15-7-11-19-85(61)101-87)69-33-39-75-79-51-93-81(53-91(79)103-89(75)49-69)82-54-92-80(52-94(82)105-93)76-40-34-70(50-90(76)104-92)100(66-30-26-58-42-64(24-22-60(58)44-66)88-46-62-16-8-12-20-86(62)102-88)68-32-38-74-78-36-28-56-14-6-10-18-72(56)96(78)98(3,4)84(74)48-68/h5-54H,1-4H3. The van der Waals surface area contributed by atoms with Gasteiger partial charge < -0.3 is 31.9 Å². The Morgan fingerprint density at radius 1 is 0.210 bits per heavy atom. The third-order valence-electron chi connectivity index (χ3n) is 23.3. The summed E-state index contributed by atoms with van der Waals surface area (Å²) < 4.78 is 33.7. The molecule has 0 unspecified atom stereocenters. The summed E-state index contributed by atoms with van der Waals surface area (Å²) in [6.07, 6.45) is 0. The average Bonchev–Trinajstić information content (AvgIpc) is 1.57. The number of para-hydroxylation sites is 2. The van der Waals surface area contributed by atoms with Gasteiger partial charge in [-0.1, -0.05) is 185 Å². The van der Waals surface area contributed by atoms with E-state index in [9.17, 15) is 0 Å². The lowest BCUT2D eigenvalue weighted by molar-refractivity contribution is 0.631. The zero-order valence-corrected chi connectivity index (χ0v) is 57.8. The van der Waals surface area contributed by atoms with Crippen LogP contribution in [0.5, 0.6) is 0 Å². The van der Waals surface area contributed by atoms with Crippen LogP contribution >= 0.6 is 0 Å². The third-order valence-corrected chi connectivity index (χ3v) is 23.3. The second-order valence-electron chi connectivity index (χ2n) is 29.9. The Labute approximate surface area is 602 Å². The average molecular weight is 1350 g/mol. The monoisotopic (exact) mass is 1350 g/mol. The van der Waals surface area contributed by atoms with E-state index in [0.29, 0.717) is 0 Å². The number of rotatable bonds is 8. The minimum Gasteiger partial charge on any atom is -0.456 e. The molecule has 5 aromatic heterocycles. The van der Waals surface area contributed by atoms with Gasteiger partial charge in [0, 0.05) is 111 Å². The molecular formula is C98H62N2O5. The normalized spacial score (nSPS) is 13.7. The molecule has 21 aromatic rings. The van der Waals surface area contributed by atoms with Crippen LogP contribution in [0, 0.1) is 0 Å². The second-order valence-corrected chi connectivity index (χ2v) is 29.9. The van der Waals surface area contributed by atoms with Gasteiger partial charge >= 0.3 is 0 Å². The second kappa shape index (κ2) is 21.1. The van der Waals surface area contributed by atoms with Gasteiger partial charge in [0.1, 0.15) is 56.2 Å². The van der Waals surface area contributed by atoms with E-state index >= 15 is 0 Å². The molecule has 0 saturated heterocycles. The molecule has 0 radical (unpaired) electrons. The Morgan fingerprint density at radius 3 is 0.971 bits per heavy atom. The van der Waals surface area contributed by atoms with Crippen molar-refractivity contribution in [1.82, 2.24) is 0 Å². The van der Waals surface area contributed by atoms with Crippen LogP contribution in [0.4, 0.5) is 34.1 Å². The predicted molar refractivity (Wildman–Crippen MR) is 433 cm³/mol. The van der Waals surface area contributed by atoms with Crippen molar-refractivity contribution in [1.29, 1.82) is 0 Å². The van der Waals surface area contributed by atoms with Crippen molar-refractivity contribution in [3.05, 3.63) is 326 Å². The van der Waals surface area contributed by atoms with Gasteiger partial charge in [0.15, 0.2) is 0 Å². The summed E-state index contributed by atoms with van der Waals surface area (Å²) in [6.45, 7) is 9.50. The van der Waals surface area contributed by atoms with E-state index < -0.39 is 0 Å². The molecule has 0 atom stereocenters. The maximum Gasteiger partial charge on any atom is 0.137 e.